The first-order valence-electron chi connectivity index (χ1n) is 5.76. The molecule has 0 aliphatic heterocycles. The van der Waals surface area contributed by atoms with E-state index in [0.717, 1.165) is 17.0 Å². The molecule has 0 fully saturated rings. The number of carbonyl (C=O) groups excluding carboxylic acids is 1. The van der Waals surface area contributed by atoms with Crippen LogP contribution in [-0.4, -0.2) is 20.6 Å². The van der Waals surface area contributed by atoms with Crippen LogP contribution in [0.3, 0.4) is 0 Å². The summed E-state index contributed by atoms with van der Waals surface area (Å²) in [5.74, 6) is 0.677. The number of imidazole rings is 1. The number of carbonyl (C=O) groups is 1. The zero-order valence-corrected chi connectivity index (χ0v) is 10.7. The van der Waals surface area contributed by atoms with Crippen LogP contribution in [0.25, 0.3) is 0 Å². The maximum atomic E-state index is 11.9. The molecule has 6 heteroatoms. The quantitative estimate of drug-likeness (QED) is 0.886. The Balaban J connectivity index is 1.97. The van der Waals surface area contributed by atoms with Crippen molar-refractivity contribution < 1.29 is 9.32 Å². The first-order valence-corrected chi connectivity index (χ1v) is 5.76. The molecule has 2 aromatic heterocycles. The molecule has 0 bridgehead atoms. The maximum absolute atomic E-state index is 11.9. The highest BCUT2D eigenvalue weighted by atomic mass is 16.5. The molecule has 0 radical (unpaired) electrons. The average molecular weight is 248 g/mol. The molecular weight excluding hydrogens is 232 g/mol. The van der Waals surface area contributed by atoms with E-state index in [9.17, 15) is 4.79 Å². The third kappa shape index (κ3) is 2.42. The molecule has 0 saturated heterocycles. The van der Waals surface area contributed by atoms with Crippen LogP contribution >= 0.6 is 0 Å². The molecule has 1 amide bonds. The lowest BCUT2D eigenvalue weighted by Crippen LogP contribution is -2.30. The Bertz CT molecular complexity index is 511. The fourth-order valence-corrected chi connectivity index (χ4v) is 1.71. The fraction of sp³-hybridized carbons (Fsp3) is 0.417. The van der Waals surface area contributed by atoms with Crippen LogP contribution < -0.4 is 5.32 Å². The molecule has 96 valence electrons. The topological polar surface area (TPSA) is 73.0 Å². The second-order valence-electron chi connectivity index (χ2n) is 4.21. The fourth-order valence-electron chi connectivity index (χ4n) is 1.71. The summed E-state index contributed by atoms with van der Waals surface area (Å²) in [5, 5.41) is 6.71. The highest BCUT2D eigenvalue weighted by molar-refractivity contribution is 5.79. The standard InChI is InChI=1S/C12H16N4O2/c1-8-11(10(3)18-15-8)6-14-12(17)9(2)16-5-4-13-7-16/h4-5,7,9H,6H2,1-3H3,(H,14,17). The van der Waals surface area contributed by atoms with Crippen molar-refractivity contribution in [2.45, 2.75) is 33.4 Å². The molecule has 1 atom stereocenters. The molecule has 1 unspecified atom stereocenters. The number of nitrogens with zero attached hydrogens (tertiary/aromatic N) is 3. The normalized spacial score (nSPS) is 12.4. The summed E-state index contributed by atoms with van der Waals surface area (Å²) in [6, 6.07) is -0.284. The molecule has 0 saturated carbocycles. The summed E-state index contributed by atoms with van der Waals surface area (Å²) in [7, 11) is 0. The summed E-state index contributed by atoms with van der Waals surface area (Å²) in [6.07, 6.45) is 5.04. The number of rotatable bonds is 4. The maximum Gasteiger partial charge on any atom is 0.243 e. The van der Waals surface area contributed by atoms with Crippen molar-refractivity contribution in [1.82, 2.24) is 20.0 Å². The predicted molar refractivity (Wildman–Crippen MR) is 64.8 cm³/mol. The summed E-state index contributed by atoms with van der Waals surface area (Å²) < 4.78 is 6.80. The number of aromatic nitrogens is 3. The Kier molecular flexibility index (Phi) is 3.45. The van der Waals surface area contributed by atoms with Gasteiger partial charge in [0.05, 0.1) is 12.0 Å². The lowest BCUT2D eigenvalue weighted by Gasteiger charge is -2.13. The van der Waals surface area contributed by atoms with Crippen molar-refractivity contribution >= 4 is 5.91 Å². The van der Waals surface area contributed by atoms with E-state index in [1.807, 2.05) is 20.8 Å². The highest BCUT2D eigenvalue weighted by Gasteiger charge is 2.15. The number of hydrogen-bond donors (Lipinski definition) is 1. The minimum Gasteiger partial charge on any atom is -0.361 e. The molecule has 0 spiro atoms. The van der Waals surface area contributed by atoms with E-state index in [2.05, 4.69) is 15.5 Å². The number of nitrogens with one attached hydrogen (secondary N) is 1. The van der Waals surface area contributed by atoms with Gasteiger partial charge in [-0.25, -0.2) is 4.98 Å². The Labute approximate surface area is 105 Å². The second kappa shape index (κ2) is 5.03. The summed E-state index contributed by atoms with van der Waals surface area (Å²) in [5.41, 5.74) is 1.74. The number of amides is 1. The smallest absolute Gasteiger partial charge is 0.243 e. The van der Waals surface area contributed by atoms with Crippen LogP contribution in [0.4, 0.5) is 0 Å². The Morgan fingerprint density at radius 3 is 2.89 bits per heavy atom. The van der Waals surface area contributed by atoms with Crippen LogP contribution in [0, 0.1) is 13.8 Å². The summed E-state index contributed by atoms with van der Waals surface area (Å²) >= 11 is 0. The summed E-state index contributed by atoms with van der Waals surface area (Å²) in [6.45, 7) is 5.95. The lowest BCUT2D eigenvalue weighted by atomic mass is 10.2. The molecule has 6 nitrogen and oxygen atoms in total. The van der Waals surface area contributed by atoms with Crippen LogP contribution in [0.5, 0.6) is 0 Å². The van der Waals surface area contributed by atoms with Crippen molar-refractivity contribution in [3.63, 3.8) is 0 Å². The first kappa shape index (κ1) is 12.3. The summed E-state index contributed by atoms with van der Waals surface area (Å²) in [4.78, 5) is 15.9. The monoisotopic (exact) mass is 248 g/mol. The van der Waals surface area contributed by atoms with Gasteiger partial charge in [-0.1, -0.05) is 5.16 Å². The van der Waals surface area contributed by atoms with Crippen molar-refractivity contribution in [3.05, 3.63) is 35.7 Å². The van der Waals surface area contributed by atoms with E-state index < -0.39 is 0 Å². The van der Waals surface area contributed by atoms with E-state index in [0.29, 0.717) is 6.54 Å². The van der Waals surface area contributed by atoms with Crippen LogP contribution in [0.15, 0.2) is 23.2 Å². The molecule has 1 N–H and O–H groups in total. The van der Waals surface area contributed by atoms with Crippen LogP contribution in [0.1, 0.15) is 30.0 Å². The molecular formula is C12H16N4O2. The molecule has 0 aliphatic carbocycles. The Morgan fingerprint density at radius 1 is 1.56 bits per heavy atom. The van der Waals surface area contributed by atoms with Gasteiger partial charge in [0.1, 0.15) is 11.8 Å². The molecule has 2 rings (SSSR count). The van der Waals surface area contributed by atoms with Gasteiger partial charge in [0.2, 0.25) is 5.91 Å². The minimum atomic E-state index is -0.284. The third-order valence-electron chi connectivity index (χ3n) is 2.97. The van der Waals surface area contributed by atoms with Gasteiger partial charge in [-0.05, 0) is 20.8 Å². The lowest BCUT2D eigenvalue weighted by molar-refractivity contribution is -0.124. The zero-order valence-electron chi connectivity index (χ0n) is 10.7. The van der Waals surface area contributed by atoms with Crippen molar-refractivity contribution in [3.8, 4) is 0 Å². The van der Waals surface area contributed by atoms with Gasteiger partial charge < -0.3 is 14.4 Å². The van der Waals surface area contributed by atoms with E-state index >= 15 is 0 Å². The van der Waals surface area contributed by atoms with E-state index in [1.165, 1.54) is 0 Å². The molecule has 0 aliphatic rings. The van der Waals surface area contributed by atoms with Crippen molar-refractivity contribution in [1.29, 1.82) is 0 Å². The minimum absolute atomic E-state index is 0.0620. The van der Waals surface area contributed by atoms with E-state index in [-0.39, 0.29) is 11.9 Å². The van der Waals surface area contributed by atoms with Gasteiger partial charge in [0.25, 0.3) is 0 Å². The Hall–Kier alpha value is -2.11. The second-order valence-corrected chi connectivity index (χ2v) is 4.21. The van der Waals surface area contributed by atoms with Gasteiger partial charge in [-0.3, -0.25) is 4.79 Å². The van der Waals surface area contributed by atoms with Gasteiger partial charge in [-0.15, -0.1) is 0 Å². The Morgan fingerprint density at radius 2 is 2.33 bits per heavy atom. The number of aryl methyl sites for hydroxylation is 2. The van der Waals surface area contributed by atoms with Crippen molar-refractivity contribution in [2.75, 3.05) is 0 Å². The van der Waals surface area contributed by atoms with E-state index in [4.69, 9.17) is 4.52 Å². The molecule has 2 aromatic rings. The van der Waals surface area contributed by atoms with E-state index in [1.54, 1.807) is 23.3 Å². The third-order valence-corrected chi connectivity index (χ3v) is 2.97. The van der Waals surface area contributed by atoms with Crippen LogP contribution in [0.2, 0.25) is 0 Å². The first-order chi connectivity index (χ1) is 8.59. The van der Waals surface area contributed by atoms with Gasteiger partial charge in [0, 0.05) is 24.5 Å². The van der Waals surface area contributed by atoms with Crippen LogP contribution in [-0.2, 0) is 11.3 Å². The van der Waals surface area contributed by atoms with Gasteiger partial charge in [0.15, 0.2) is 0 Å². The molecule has 0 aromatic carbocycles. The zero-order chi connectivity index (χ0) is 13.1. The highest BCUT2D eigenvalue weighted by Crippen LogP contribution is 2.12. The largest absolute Gasteiger partial charge is 0.361 e. The molecule has 18 heavy (non-hydrogen) atoms. The number of hydrogen-bond acceptors (Lipinski definition) is 4. The predicted octanol–water partition coefficient (Wildman–Crippen LogP) is 1.37. The average Bonchev–Trinajstić information content (AvgIpc) is 2.97. The van der Waals surface area contributed by atoms with Crippen molar-refractivity contribution in [2.24, 2.45) is 0 Å². The van der Waals surface area contributed by atoms with Gasteiger partial charge >= 0.3 is 0 Å². The molecule has 2 heterocycles. The van der Waals surface area contributed by atoms with Gasteiger partial charge in [-0.2, -0.15) is 0 Å². The SMILES string of the molecule is Cc1noc(C)c1CNC(=O)C(C)n1ccnc1.